The van der Waals surface area contributed by atoms with Gasteiger partial charge in [-0.15, -0.1) is 0 Å². The van der Waals surface area contributed by atoms with Crippen LogP contribution in [0.5, 0.6) is 0 Å². The van der Waals surface area contributed by atoms with Crippen LogP contribution in [0.1, 0.15) is 27.3 Å². The first-order valence-corrected chi connectivity index (χ1v) is 9.63. The summed E-state index contributed by atoms with van der Waals surface area (Å²) < 4.78 is 41.8. The second kappa shape index (κ2) is 7.70. The number of aryl methyl sites for hydroxylation is 1. The summed E-state index contributed by atoms with van der Waals surface area (Å²) in [6.45, 7) is 3.74. The van der Waals surface area contributed by atoms with Gasteiger partial charge in [0.05, 0.1) is 5.69 Å². The number of alkyl halides is 3. The monoisotopic (exact) mass is 444 g/mol. The first-order valence-electron chi connectivity index (χ1n) is 9.25. The molecule has 0 unspecified atom stereocenters. The summed E-state index contributed by atoms with van der Waals surface area (Å²) in [5, 5.41) is 7.03. The molecule has 0 atom stereocenters. The van der Waals surface area contributed by atoms with Crippen molar-refractivity contribution in [2.75, 3.05) is 5.32 Å². The largest absolute Gasteiger partial charge is 0.433 e. The molecular formula is C22H16ClF3N4O. The summed E-state index contributed by atoms with van der Waals surface area (Å²) >= 11 is 5.86. The number of halogens is 4. The van der Waals surface area contributed by atoms with Gasteiger partial charge in [-0.25, -0.2) is 9.50 Å². The highest BCUT2D eigenvalue weighted by Crippen LogP contribution is 2.32. The van der Waals surface area contributed by atoms with E-state index in [1.807, 2.05) is 19.9 Å². The molecule has 4 aromatic rings. The third kappa shape index (κ3) is 4.11. The lowest BCUT2D eigenvalue weighted by molar-refractivity contribution is -0.142. The number of amides is 1. The van der Waals surface area contributed by atoms with E-state index >= 15 is 0 Å². The SMILES string of the molecule is Cc1cccc(NC(=O)c2cc3nc(-c4ccc(Cl)cc4)cc(C(F)(F)F)n3n2)c1C. The Kier molecular flexibility index (Phi) is 5.18. The quantitative estimate of drug-likeness (QED) is 0.425. The molecule has 9 heteroatoms. The molecule has 0 aliphatic rings. The molecule has 0 spiro atoms. The minimum absolute atomic E-state index is 0.0918. The number of rotatable bonds is 3. The lowest BCUT2D eigenvalue weighted by atomic mass is 10.1. The van der Waals surface area contributed by atoms with Crippen LogP contribution in [0.3, 0.4) is 0 Å². The Morgan fingerprint density at radius 3 is 2.45 bits per heavy atom. The lowest BCUT2D eigenvalue weighted by Crippen LogP contribution is -2.16. The Hall–Kier alpha value is -3.39. The highest BCUT2D eigenvalue weighted by molar-refractivity contribution is 6.30. The highest BCUT2D eigenvalue weighted by atomic mass is 35.5. The zero-order valence-corrected chi connectivity index (χ0v) is 17.2. The van der Waals surface area contributed by atoms with Gasteiger partial charge >= 0.3 is 6.18 Å². The van der Waals surface area contributed by atoms with Gasteiger partial charge < -0.3 is 5.32 Å². The zero-order chi connectivity index (χ0) is 22.3. The zero-order valence-electron chi connectivity index (χ0n) is 16.5. The molecule has 0 bridgehead atoms. The van der Waals surface area contributed by atoms with Gasteiger partial charge in [0.1, 0.15) is 0 Å². The van der Waals surface area contributed by atoms with Gasteiger partial charge in [-0.2, -0.15) is 18.3 Å². The Morgan fingerprint density at radius 2 is 1.77 bits per heavy atom. The Labute approximate surface area is 180 Å². The van der Waals surface area contributed by atoms with Crippen molar-refractivity contribution < 1.29 is 18.0 Å². The first-order chi connectivity index (χ1) is 14.6. The van der Waals surface area contributed by atoms with Crippen LogP contribution in [0.4, 0.5) is 18.9 Å². The molecule has 4 rings (SSSR count). The van der Waals surface area contributed by atoms with Gasteiger partial charge in [0, 0.05) is 22.3 Å². The summed E-state index contributed by atoms with van der Waals surface area (Å²) in [6, 6.07) is 13.8. The van der Waals surface area contributed by atoms with E-state index < -0.39 is 17.8 Å². The maximum absolute atomic E-state index is 13.7. The maximum Gasteiger partial charge on any atom is 0.433 e. The van der Waals surface area contributed by atoms with Crippen molar-refractivity contribution in [1.82, 2.24) is 14.6 Å². The van der Waals surface area contributed by atoms with Gasteiger partial charge in [0.15, 0.2) is 17.0 Å². The minimum Gasteiger partial charge on any atom is -0.320 e. The van der Waals surface area contributed by atoms with Crippen molar-refractivity contribution in [2.24, 2.45) is 0 Å². The molecule has 0 aliphatic carbocycles. The number of nitrogens with zero attached hydrogens (tertiary/aromatic N) is 3. The molecule has 5 nitrogen and oxygen atoms in total. The number of hydrogen-bond acceptors (Lipinski definition) is 3. The Bertz CT molecular complexity index is 1300. The number of hydrogen-bond donors (Lipinski definition) is 1. The van der Waals surface area contributed by atoms with Crippen LogP contribution in [0.2, 0.25) is 5.02 Å². The maximum atomic E-state index is 13.7. The van der Waals surface area contributed by atoms with Crippen molar-refractivity contribution >= 4 is 28.8 Å². The average Bonchev–Trinajstić information content (AvgIpc) is 3.14. The van der Waals surface area contributed by atoms with Crippen LogP contribution in [-0.4, -0.2) is 20.5 Å². The summed E-state index contributed by atoms with van der Waals surface area (Å²) in [7, 11) is 0. The lowest BCUT2D eigenvalue weighted by Gasteiger charge is -2.11. The van der Waals surface area contributed by atoms with Gasteiger partial charge in [-0.3, -0.25) is 4.79 Å². The van der Waals surface area contributed by atoms with E-state index in [1.165, 1.54) is 6.07 Å². The van der Waals surface area contributed by atoms with Crippen LogP contribution in [0.25, 0.3) is 16.9 Å². The van der Waals surface area contributed by atoms with Crippen molar-refractivity contribution in [3.63, 3.8) is 0 Å². The van der Waals surface area contributed by atoms with E-state index in [9.17, 15) is 18.0 Å². The van der Waals surface area contributed by atoms with Crippen molar-refractivity contribution in [1.29, 1.82) is 0 Å². The van der Waals surface area contributed by atoms with Crippen LogP contribution < -0.4 is 5.32 Å². The fourth-order valence-corrected chi connectivity index (χ4v) is 3.25. The molecule has 0 saturated carbocycles. The number of benzene rings is 2. The molecular weight excluding hydrogens is 429 g/mol. The van der Waals surface area contributed by atoms with Crippen molar-refractivity contribution in [3.05, 3.63) is 82.1 Å². The summed E-state index contributed by atoms with van der Waals surface area (Å²) in [5.41, 5.74) is 1.65. The normalized spacial score (nSPS) is 11.7. The molecule has 0 radical (unpaired) electrons. The Balaban J connectivity index is 1.79. The van der Waals surface area contributed by atoms with Crippen molar-refractivity contribution in [2.45, 2.75) is 20.0 Å². The second-order valence-corrected chi connectivity index (χ2v) is 7.47. The van der Waals surface area contributed by atoms with E-state index in [0.29, 0.717) is 20.8 Å². The fraction of sp³-hybridized carbons (Fsp3) is 0.136. The highest BCUT2D eigenvalue weighted by Gasteiger charge is 2.35. The number of aromatic nitrogens is 3. The fourth-order valence-electron chi connectivity index (χ4n) is 3.13. The van der Waals surface area contributed by atoms with E-state index in [2.05, 4.69) is 15.4 Å². The molecule has 1 amide bonds. The number of carbonyl (C=O) groups excluding carboxylic acids is 1. The van der Waals surface area contributed by atoms with E-state index in [0.717, 1.165) is 17.2 Å². The number of anilines is 1. The molecule has 158 valence electrons. The molecule has 2 heterocycles. The van der Waals surface area contributed by atoms with E-state index in [-0.39, 0.29) is 17.0 Å². The summed E-state index contributed by atoms with van der Waals surface area (Å²) in [6.07, 6.45) is -4.70. The van der Waals surface area contributed by atoms with Crippen molar-refractivity contribution in [3.8, 4) is 11.3 Å². The molecule has 31 heavy (non-hydrogen) atoms. The minimum atomic E-state index is -4.70. The topological polar surface area (TPSA) is 59.3 Å². The third-order valence-electron chi connectivity index (χ3n) is 4.94. The van der Waals surface area contributed by atoms with Crippen LogP contribution in [-0.2, 0) is 6.18 Å². The first kappa shape index (κ1) is 20.9. The standard InChI is InChI=1S/C22H16ClF3N4O/c1-12-4-3-5-16(13(12)2)28-21(31)18-11-20-27-17(14-6-8-15(23)9-7-14)10-19(22(24,25)26)30(20)29-18/h3-11H,1-2H3,(H,28,31). The van der Waals surface area contributed by atoms with Crippen LogP contribution in [0.15, 0.2) is 54.6 Å². The van der Waals surface area contributed by atoms with Gasteiger partial charge in [0.2, 0.25) is 0 Å². The molecule has 2 aromatic carbocycles. The number of nitrogens with one attached hydrogen (secondary N) is 1. The molecule has 1 N–H and O–H groups in total. The predicted octanol–water partition coefficient (Wildman–Crippen LogP) is 5.94. The predicted molar refractivity (Wildman–Crippen MR) is 112 cm³/mol. The Morgan fingerprint density at radius 1 is 1.06 bits per heavy atom. The molecule has 0 saturated heterocycles. The van der Waals surface area contributed by atoms with E-state index in [4.69, 9.17) is 11.6 Å². The second-order valence-electron chi connectivity index (χ2n) is 7.03. The van der Waals surface area contributed by atoms with Crippen LogP contribution in [0, 0.1) is 13.8 Å². The summed E-state index contributed by atoms with van der Waals surface area (Å²) in [4.78, 5) is 17.0. The van der Waals surface area contributed by atoms with Gasteiger partial charge in [-0.1, -0.05) is 35.9 Å². The van der Waals surface area contributed by atoms with E-state index in [1.54, 1.807) is 36.4 Å². The van der Waals surface area contributed by atoms with Crippen LogP contribution >= 0.6 is 11.6 Å². The smallest absolute Gasteiger partial charge is 0.320 e. The number of carbonyl (C=O) groups is 1. The third-order valence-corrected chi connectivity index (χ3v) is 5.20. The molecule has 0 aliphatic heterocycles. The van der Waals surface area contributed by atoms with Gasteiger partial charge in [-0.05, 0) is 49.2 Å². The van der Waals surface area contributed by atoms with Gasteiger partial charge in [0.25, 0.3) is 5.91 Å². The molecule has 0 fully saturated rings. The molecule has 2 aromatic heterocycles. The number of fused-ring (bicyclic) bond motifs is 1. The summed E-state index contributed by atoms with van der Waals surface area (Å²) in [5.74, 6) is -0.625. The average molecular weight is 445 g/mol.